The summed E-state index contributed by atoms with van der Waals surface area (Å²) in [4.78, 5) is 8.08. The average molecular weight is 436 g/mol. The molecule has 0 aliphatic rings. The minimum Gasteiger partial charge on any atom is -0.398 e. The van der Waals surface area contributed by atoms with Gasteiger partial charge < -0.3 is 5.73 Å². The first kappa shape index (κ1) is 16.2. The molecule has 1 aromatic carbocycles. The Bertz CT molecular complexity index is 786. The van der Waals surface area contributed by atoms with E-state index in [1.54, 1.807) is 13.0 Å². The van der Waals surface area contributed by atoms with Gasteiger partial charge in [0.05, 0.1) is 11.1 Å². The molecule has 0 amide bonds. The summed E-state index contributed by atoms with van der Waals surface area (Å²) in [5.41, 5.74) is 7.91. The third-order valence-corrected chi connectivity index (χ3v) is 5.18. The van der Waals surface area contributed by atoms with Crippen molar-refractivity contribution in [1.29, 1.82) is 0 Å². The zero-order valence-corrected chi connectivity index (χ0v) is 15.2. The minimum atomic E-state index is -3.79. The molecule has 3 N–H and O–H groups in total. The summed E-state index contributed by atoms with van der Waals surface area (Å²) in [6, 6.07) is 2.99. The van der Waals surface area contributed by atoms with E-state index in [-0.39, 0.29) is 15.3 Å². The number of aryl methyl sites for hydroxylation is 1. The molecule has 0 saturated heterocycles. The highest BCUT2D eigenvalue weighted by atomic mass is 79.9. The molecule has 0 spiro atoms. The molecule has 0 unspecified atom stereocenters. The predicted octanol–water partition coefficient (Wildman–Crippen LogP) is 3.00. The normalized spacial score (nSPS) is 11.4. The SMILES string of the molecule is Cc1cc(S(=O)(=O)Nc2ncc(Br)nc2Br)cc(N)c1C. The van der Waals surface area contributed by atoms with Gasteiger partial charge in [-0.3, -0.25) is 4.72 Å². The van der Waals surface area contributed by atoms with Gasteiger partial charge in [-0.15, -0.1) is 0 Å². The van der Waals surface area contributed by atoms with Crippen molar-refractivity contribution in [2.75, 3.05) is 10.5 Å². The third kappa shape index (κ3) is 3.53. The second kappa shape index (κ2) is 5.90. The second-order valence-electron chi connectivity index (χ2n) is 4.39. The lowest BCUT2D eigenvalue weighted by molar-refractivity contribution is 0.601. The Kier molecular flexibility index (Phi) is 4.54. The average Bonchev–Trinajstić information content (AvgIpc) is 2.38. The summed E-state index contributed by atoms with van der Waals surface area (Å²) in [5, 5.41) is 0. The maximum absolute atomic E-state index is 12.4. The summed E-state index contributed by atoms with van der Waals surface area (Å²) in [7, 11) is -3.79. The molecule has 2 rings (SSSR count). The number of nitrogens with one attached hydrogen (secondary N) is 1. The van der Waals surface area contributed by atoms with E-state index < -0.39 is 10.0 Å². The van der Waals surface area contributed by atoms with Crippen molar-refractivity contribution >= 4 is 53.4 Å². The first-order chi connectivity index (χ1) is 9.70. The monoisotopic (exact) mass is 434 g/mol. The molecule has 2 aromatic rings. The van der Waals surface area contributed by atoms with Crippen LogP contribution in [0.2, 0.25) is 0 Å². The maximum atomic E-state index is 12.4. The molecule has 0 radical (unpaired) electrons. The van der Waals surface area contributed by atoms with Crippen molar-refractivity contribution in [2.45, 2.75) is 18.7 Å². The fourth-order valence-corrected chi connectivity index (χ4v) is 3.79. The highest BCUT2D eigenvalue weighted by Crippen LogP contribution is 2.25. The van der Waals surface area contributed by atoms with E-state index in [0.717, 1.165) is 11.1 Å². The van der Waals surface area contributed by atoms with Crippen LogP contribution in [0.4, 0.5) is 11.5 Å². The Labute approximate surface area is 139 Å². The van der Waals surface area contributed by atoms with Gasteiger partial charge in [0.25, 0.3) is 10.0 Å². The Morgan fingerprint density at radius 1 is 1.24 bits per heavy atom. The first-order valence-electron chi connectivity index (χ1n) is 5.78. The number of halogens is 2. The molecule has 1 aromatic heterocycles. The Morgan fingerprint density at radius 2 is 1.90 bits per heavy atom. The minimum absolute atomic E-state index is 0.0831. The molecule has 0 saturated carbocycles. The molecule has 9 heteroatoms. The molecule has 0 aliphatic carbocycles. The van der Waals surface area contributed by atoms with Crippen LogP contribution in [0, 0.1) is 13.8 Å². The van der Waals surface area contributed by atoms with Gasteiger partial charge in [-0.05, 0) is 69.0 Å². The summed E-state index contributed by atoms with van der Waals surface area (Å²) < 4.78 is 27.9. The third-order valence-electron chi connectivity index (χ3n) is 2.92. The number of nitrogens with two attached hydrogens (primary N) is 1. The van der Waals surface area contributed by atoms with Crippen LogP contribution in [-0.2, 0) is 10.0 Å². The van der Waals surface area contributed by atoms with Gasteiger partial charge in [0.15, 0.2) is 10.4 Å². The summed E-state index contributed by atoms with van der Waals surface area (Å²) >= 11 is 6.31. The van der Waals surface area contributed by atoms with Gasteiger partial charge in [-0.1, -0.05) is 0 Å². The Morgan fingerprint density at radius 3 is 2.48 bits per heavy atom. The molecule has 112 valence electrons. The number of aromatic nitrogens is 2. The van der Waals surface area contributed by atoms with Crippen molar-refractivity contribution in [2.24, 2.45) is 0 Å². The molecule has 1 heterocycles. The van der Waals surface area contributed by atoms with E-state index in [0.29, 0.717) is 10.3 Å². The topological polar surface area (TPSA) is 98.0 Å². The largest absolute Gasteiger partial charge is 0.398 e. The quantitative estimate of drug-likeness (QED) is 0.722. The van der Waals surface area contributed by atoms with Crippen molar-refractivity contribution in [3.05, 3.63) is 38.7 Å². The highest BCUT2D eigenvalue weighted by Gasteiger charge is 2.19. The van der Waals surface area contributed by atoms with E-state index in [1.165, 1.54) is 12.3 Å². The van der Waals surface area contributed by atoms with Gasteiger partial charge in [0.2, 0.25) is 0 Å². The lowest BCUT2D eigenvalue weighted by atomic mass is 10.1. The number of benzene rings is 1. The van der Waals surface area contributed by atoms with Crippen LogP contribution in [0.3, 0.4) is 0 Å². The van der Waals surface area contributed by atoms with Gasteiger partial charge in [0, 0.05) is 5.69 Å². The molecule has 6 nitrogen and oxygen atoms in total. The molecular formula is C12H12Br2N4O2S. The molecule has 21 heavy (non-hydrogen) atoms. The van der Waals surface area contributed by atoms with Gasteiger partial charge in [0.1, 0.15) is 4.60 Å². The van der Waals surface area contributed by atoms with Crippen LogP contribution in [-0.4, -0.2) is 18.4 Å². The first-order valence-corrected chi connectivity index (χ1v) is 8.85. The van der Waals surface area contributed by atoms with E-state index in [4.69, 9.17) is 5.73 Å². The zero-order valence-electron chi connectivity index (χ0n) is 11.2. The van der Waals surface area contributed by atoms with E-state index in [2.05, 4.69) is 46.5 Å². The Balaban J connectivity index is 2.43. The van der Waals surface area contributed by atoms with Crippen molar-refractivity contribution in [1.82, 2.24) is 9.97 Å². The smallest absolute Gasteiger partial charge is 0.263 e. The molecule has 0 atom stereocenters. The Hall–Kier alpha value is -1.19. The maximum Gasteiger partial charge on any atom is 0.263 e. The van der Waals surface area contributed by atoms with Gasteiger partial charge in [-0.25, -0.2) is 18.4 Å². The van der Waals surface area contributed by atoms with Crippen LogP contribution in [0.1, 0.15) is 11.1 Å². The molecule has 0 fully saturated rings. The molecule has 0 aliphatic heterocycles. The van der Waals surface area contributed by atoms with Crippen molar-refractivity contribution in [3.63, 3.8) is 0 Å². The number of sulfonamides is 1. The standard InChI is InChI=1S/C12H12Br2N4O2S/c1-6-3-8(4-9(15)7(6)2)21(19,20)18-12-11(14)17-10(13)5-16-12/h3-5H,15H2,1-2H3,(H,16,18). The predicted molar refractivity (Wildman–Crippen MR) is 88.6 cm³/mol. The van der Waals surface area contributed by atoms with Crippen LogP contribution < -0.4 is 10.5 Å². The van der Waals surface area contributed by atoms with Crippen LogP contribution in [0.5, 0.6) is 0 Å². The van der Waals surface area contributed by atoms with Gasteiger partial charge in [-0.2, -0.15) is 0 Å². The number of anilines is 2. The second-order valence-corrected chi connectivity index (χ2v) is 7.64. The van der Waals surface area contributed by atoms with Crippen molar-refractivity contribution in [3.8, 4) is 0 Å². The van der Waals surface area contributed by atoms with Crippen LogP contribution in [0.15, 0.2) is 32.4 Å². The number of hydrogen-bond acceptors (Lipinski definition) is 5. The number of hydrogen-bond donors (Lipinski definition) is 2. The zero-order chi connectivity index (χ0) is 15.8. The molecule has 0 bridgehead atoms. The summed E-state index contributed by atoms with van der Waals surface area (Å²) in [5.74, 6) is 0.106. The molecular weight excluding hydrogens is 424 g/mol. The lowest BCUT2D eigenvalue weighted by Gasteiger charge is -2.11. The highest BCUT2D eigenvalue weighted by molar-refractivity contribution is 9.11. The fourth-order valence-electron chi connectivity index (χ4n) is 1.61. The lowest BCUT2D eigenvalue weighted by Crippen LogP contribution is -2.15. The number of nitrogens with zero attached hydrogens (tertiary/aromatic N) is 2. The van der Waals surface area contributed by atoms with E-state index >= 15 is 0 Å². The fraction of sp³-hybridized carbons (Fsp3) is 0.167. The van der Waals surface area contributed by atoms with E-state index in [1.807, 2.05) is 6.92 Å². The summed E-state index contributed by atoms with van der Waals surface area (Å²) in [6.07, 6.45) is 1.40. The van der Waals surface area contributed by atoms with Gasteiger partial charge >= 0.3 is 0 Å². The van der Waals surface area contributed by atoms with Crippen LogP contribution >= 0.6 is 31.9 Å². The van der Waals surface area contributed by atoms with Crippen molar-refractivity contribution < 1.29 is 8.42 Å². The van der Waals surface area contributed by atoms with E-state index in [9.17, 15) is 8.42 Å². The number of nitrogen functional groups attached to an aromatic ring is 1. The summed E-state index contributed by atoms with van der Waals surface area (Å²) in [6.45, 7) is 3.64. The number of rotatable bonds is 3. The van der Waals surface area contributed by atoms with Crippen LogP contribution in [0.25, 0.3) is 0 Å².